The summed E-state index contributed by atoms with van der Waals surface area (Å²) < 4.78 is 26.6. The lowest BCUT2D eigenvalue weighted by molar-refractivity contribution is -0.124. The Morgan fingerprint density at radius 3 is 2.53 bits per heavy atom. The molecule has 0 saturated carbocycles. The molecular weight excluding hydrogens is 390 g/mol. The molecule has 1 N–H and O–H groups in total. The minimum atomic E-state index is -0.629. The van der Waals surface area contributed by atoms with Crippen molar-refractivity contribution in [2.45, 2.75) is 32.9 Å². The molecule has 0 spiro atoms. The third kappa shape index (κ3) is 5.14. The Hall–Kier alpha value is -3.42. The predicted molar refractivity (Wildman–Crippen MR) is 108 cm³/mol. The fraction of sp³-hybridized carbons (Fsp3) is 0.364. The molecule has 0 saturated heterocycles. The average molecular weight is 415 g/mol. The van der Waals surface area contributed by atoms with E-state index < -0.39 is 18.5 Å². The minimum Gasteiger partial charge on any atom is -0.493 e. The molecule has 0 fully saturated rings. The van der Waals surface area contributed by atoms with Gasteiger partial charge in [0.05, 0.1) is 24.8 Å². The first-order valence-electron chi connectivity index (χ1n) is 9.58. The van der Waals surface area contributed by atoms with Gasteiger partial charge in [-0.05, 0) is 56.7 Å². The summed E-state index contributed by atoms with van der Waals surface area (Å²) in [5.74, 6) is 1.21. The number of ether oxygens (including phenoxy) is 5. The van der Waals surface area contributed by atoms with Gasteiger partial charge < -0.3 is 29.0 Å². The van der Waals surface area contributed by atoms with Gasteiger partial charge in [0, 0.05) is 0 Å². The maximum atomic E-state index is 12.3. The summed E-state index contributed by atoms with van der Waals surface area (Å²) in [6.45, 7) is 5.40. The first-order valence-corrected chi connectivity index (χ1v) is 9.58. The van der Waals surface area contributed by atoms with Crippen LogP contribution in [0.2, 0.25) is 0 Å². The summed E-state index contributed by atoms with van der Waals surface area (Å²) in [6, 6.07) is 9.88. The van der Waals surface area contributed by atoms with E-state index in [2.05, 4.69) is 5.32 Å². The molecule has 0 radical (unpaired) electrons. The second-order valence-corrected chi connectivity index (χ2v) is 7.01. The highest BCUT2D eigenvalue weighted by Gasteiger charge is 2.18. The molecule has 2 aromatic rings. The third-order valence-corrected chi connectivity index (χ3v) is 4.37. The number of carbonyl (C=O) groups excluding carboxylic acids is 2. The van der Waals surface area contributed by atoms with Gasteiger partial charge in [0.1, 0.15) is 0 Å². The zero-order valence-corrected chi connectivity index (χ0v) is 17.4. The number of rotatable bonds is 8. The molecule has 0 bridgehead atoms. The Bertz CT molecular complexity index is 926. The van der Waals surface area contributed by atoms with Crippen LogP contribution >= 0.6 is 0 Å². The second kappa shape index (κ2) is 9.39. The van der Waals surface area contributed by atoms with Gasteiger partial charge in [-0.15, -0.1) is 0 Å². The molecule has 1 atom stereocenters. The van der Waals surface area contributed by atoms with Gasteiger partial charge in [-0.1, -0.05) is 6.07 Å². The number of hydrogen-bond donors (Lipinski definition) is 1. The largest absolute Gasteiger partial charge is 0.493 e. The van der Waals surface area contributed by atoms with E-state index in [4.69, 9.17) is 23.7 Å². The molecule has 30 heavy (non-hydrogen) atoms. The smallest absolute Gasteiger partial charge is 0.338 e. The molecule has 8 nitrogen and oxygen atoms in total. The number of amides is 1. The highest BCUT2D eigenvalue weighted by Crippen LogP contribution is 2.34. The zero-order chi connectivity index (χ0) is 21.7. The van der Waals surface area contributed by atoms with Crippen molar-refractivity contribution < 1.29 is 33.3 Å². The van der Waals surface area contributed by atoms with Crippen LogP contribution in [0.5, 0.6) is 23.0 Å². The summed E-state index contributed by atoms with van der Waals surface area (Å²) in [7, 11) is 1.49. The van der Waals surface area contributed by atoms with Crippen molar-refractivity contribution >= 4 is 11.9 Å². The number of fused-ring (bicyclic) bond motifs is 1. The zero-order valence-electron chi connectivity index (χ0n) is 17.4. The van der Waals surface area contributed by atoms with Crippen LogP contribution in [0.3, 0.4) is 0 Å². The molecule has 1 unspecified atom stereocenters. The molecule has 8 heteroatoms. The number of benzene rings is 2. The van der Waals surface area contributed by atoms with E-state index in [0.717, 1.165) is 5.56 Å². The average Bonchev–Trinajstić information content (AvgIpc) is 3.19. The lowest BCUT2D eigenvalue weighted by Gasteiger charge is -2.15. The molecule has 0 aliphatic carbocycles. The van der Waals surface area contributed by atoms with Crippen molar-refractivity contribution in [1.29, 1.82) is 0 Å². The van der Waals surface area contributed by atoms with Crippen molar-refractivity contribution in [2.75, 3.05) is 20.5 Å². The Balaban J connectivity index is 1.54. The van der Waals surface area contributed by atoms with Gasteiger partial charge in [-0.3, -0.25) is 4.79 Å². The molecule has 1 heterocycles. The van der Waals surface area contributed by atoms with Gasteiger partial charge in [0.25, 0.3) is 5.91 Å². The predicted octanol–water partition coefficient (Wildman–Crippen LogP) is 3.25. The maximum Gasteiger partial charge on any atom is 0.338 e. The Morgan fingerprint density at radius 1 is 1.03 bits per heavy atom. The maximum absolute atomic E-state index is 12.3. The molecule has 1 aliphatic heterocycles. The van der Waals surface area contributed by atoms with Crippen LogP contribution in [0.1, 0.15) is 42.7 Å². The van der Waals surface area contributed by atoms with Crippen molar-refractivity contribution in [2.24, 2.45) is 0 Å². The van der Waals surface area contributed by atoms with Gasteiger partial charge in [-0.25, -0.2) is 4.79 Å². The summed E-state index contributed by atoms with van der Waals surface area (Å²) >= 11 is 0. The second-order valence-electron chi connectivity index (χ2n) is 7.01. The highest BCUT2D eigenvalue weighted by molar-refractivity contribution is 5.92. The Morgan fingerprint density at radius 2 is 1.80 bits per heavy atom. The quantitative estimate of drug-likeness (QED) is 0.662. The van der Waals surface area contributed by atoms with E-state index in [9.17, 15) is 9.59 Å². The molecule has 0 aromatic heterocycles. The SMILES string of the molecule is COc1cc(C(=O)OCC(=O)NC(C)c2ccc3c(c2)OCO3)ccc1OC(C)C. The topological polar surface area (TPSA) is 92.3 Å². The molecule has 1 aliphatic rings. The summed E-state index contributed by atoms with van der Waals surface area (Å²) in [6.07, 6.45) is -0.0350. The van der Waals surface area contributed by atoms with E-state index in [1.807, 2.05) is 32.9 Å². The Kier molecular flexibility index (Phi) is 6.66. The van der Waals surface area contributed by atoms with Crippen molar-refractivity contribution in [3.8, 4) is 23.0 Å². The van der Waals surface area contributed by atoms with Crippen molar-refractivity contribution in [3.05, 3.63) is 47.5 Å². The number of nitrogens with one attached hydrogen (secondary N) is 1. The minimum absolute atomic E-state index is 0.0350. The van der Waals surface area contributed by atoms with Crippen molar-refractivity contribution in [1.82, 2.24) is 5.32 Å². The van der Waals surface area contributed by atoms with Crippen LogP contribution in [0.25, 0.3) is 0 Å². The van der Waals surface area contributed by atoms with Gasteiger partial charge in [0.15, 0.2) is 29.6 Å². The van der Waals surface area contributed by atoms with Crippen LogP contribution in [-0.4, -0.2) is 38.5 Å². The van der Waals surface area contributed by atoms with E-state index in [-0.39, 0.29) is 24.5 Å². The highest BCUT2D eigenvalue weighted by atomic mass is 16.7. The number of methoxy groups -OCH3 is 1. The first kappa shape index (κ1) is 21.3. The first-order chi connectivity index (χ1) is 14.4. The summed E-state index contributed by atoms with van der Waals surface area (Å²) in [5.41, 5.74) is 1.11. The normalized spacial score (nSPS) is 13.0. The van der Waals surface area contributed by atoms with E-state index in [1.165, 1.54) is 13.2 Å². The molecule has 160 valence electrons. The van der Waals surface area contributed by atoms with Crippen molar-refractivity contribution in [3.63, 3.8) is 0 Å². The van der Waals surface area contributed by atoms with E-state index in [1.54, 1.807) is 18.2 Å². The van der Waals surface area contributed by atoms with E-state index in [0.29, 0.717) is 23.0 Å². The number of hydrogen-bond acceptors (Lipinski definition) is 7. The number of esters is 1. The fourth-order valence-corrected chi connectivity index (χ4v) is 2.91. The standard InChI is InChI=1S/C22H25NO7/c1-13(2)30-18-8-6-16(10-19(18)26-4)22(25)27-11-21(24)23-14(3)15-5-7-17-20(9-15)29-12-28-17/h5-10,13-14H,11-12H2,1-4H3,(H,23,24). The molecule has 1 amide bonds. The van der Waals surface area contributed by atoms with Crippen LogP contribution < -0.4 is 24.3 Å². The van der Waals surface area contributed by atoms with Crippen LogP contribution in [0, 0.1) is 0 Å². The van der Waals surface area contributed by atoms with E-state index >= 15 is 0 Å². The van der Waals surface area contributed by atoms with Crippen LogP contribution in [0.4, 0.5) is 0 Å². The Labute approximate surface area is 175 Å². The lowest BCUT2D eigenvalue weighted by Crippen LogP contribution is -2.31. The van der Waals surface area contributed by atoms with Gasteiger partial charge in [-0.2, -0.15) is 0 Å². The molecule has 3 rings (SSSR count). The molecular formula is C22H25NO7. The molecule has 2 aromatic carbocycles. The summed E-state index contributed by atoms with van der Waals surface area (Å²) in [5, 5.41) is 2.79. The van der Waals surface area contributed by atoms with Crippen LogP contribution in [-0.2, 0) is 9.53 Å². The lowest BCUT2D eigenvalue weighted by atomic mass is 10.1. The number of carbonyl (C=O) groups is 2. The third-order valence-electron chi connectivity index (χ3n) is 4.37. The van der Waals surface area contributed by atoms with Gasteiger partial charge in [0.2, 0.25) is 6.79 Å². The van der Waals surface area contributed by atoms with Crippen LogP contribution in [0.15, 0.2) is 36.4 Å². The fourth-order valence-electron chi connectivity index (χ4n) is 2.91. The monoisotopic (exact) mass is 415 g/mol. The van der Waals surface area contributed by atoms with Gasteiger partial charge >= 0.3 is 5.97 Å². The summed E-state index contributed by atoms with van der Waals surface area (Å²) in [4.78, 5) is 24.5.